The number of aryl methyl sites for hydroxylation is 1. The molecule has 8 heteroatoms. The third kappa shape index (κ3) is 4.85. The van der Waals surface area contributed by atoms with Crippen LogP contribution in [-0.2, 0) is 6.54 Å². The summed E-state index contributed by atoms with van der Waals surface area (Å²) in [5.41, 5.74) is 10.8. The molecule has 1 saturated heterocycles. The van der Waals surface area contributed by atoms with Crippen molar-refractivity contribution in [1.82, 2.24) is 19.9 Å². The van der Waals surface area contributed by atoms with E-state index in [9.17, 15) is 8.78 Å². The SMILES string of the molecule is CN=C(N)/C=C(\c1cnc(C)[nH]1)c1cc2cc(CN3CCC(C(F)F)CC3)ccc2[nH]1. The number of hydrogen-bond donors (Lipinski definition) is 3. The molecule has 1 aromatic carbocycles. The number of rotatable bonds is 6. The second kappa shape index (κ2) is 9.01. The smallest absolute Gasteiger partial charge is 0.241 e. The lowest BCUT2D eigenvalue weighted by atomic mass is 9.97. The van der Waals surface area contributed by atoms with Crippen LogP contribution in [0.3, 0.4) is 0 Å². The zero-order chi connectivity index (χ0) is 22.0. The second-order valence-electron chi connectivity index (χ2n) is 8.14. The van der Waals surface area contributed by atoms with Gasteiger partial charge in [-0.2, -0.15) is 0 Å². The number of aromatic amines is 2. The summed E-state index contributed by atoms with van der Waals surface area (Å²) >= 11 is 0. The number of H-pyrrole nitrogens is 2. The van der Waals surface area contributed by atoms with Gasteiger partial charge in [0.25, 0.3) is 0 Å². The fraction of sp³-hybridized carbons (Fsp3) is 0.391. The predicted molar refractivity (Wildman–Crippen MR) is 120 cm³/mol. The molecule has 0 unspecified atom stereocenters. The van der Waals surface area contributed by atoms with Crippen molar-refractivity contribution in [1.29, 1.82) is 0 Å². The first-order valence-corrected chi connectivity index (χ1v) is 10.5. The van der Waals surface area contributed by atoms with E-state index in [0.29, 0.717) is 31.8 Å². The summed E-state index contributed by atoms with van der Waals surface area (Å²) in [7, 11) is 1.66. The van der Waals surface area contributed by atoms with Crippen molar-refractivity contribution >= 4 is 22.3 Å². The molecule has 1 fully saturated rings. The Balaban J connectivity index is 1.57. The number of piperidine rings is 1. The van der Waals surface area contributed by atoms with Gasteiger partial charge >= 0.3 is 0 Å². The minimum atomic E-state index is -2.20. The monoisotopic (exact) mass is 426 g/mol. The number of imidazole rings is 1. The van der Waals surface area contributed by atoms with Crippen LogP contribution in [0.5, 0.6) is 0 Å². The fourth-order valence-corrected chi connectivity index (χ4v) is 4.12. The van der Waals surface area contributed by atoms with Crippen LogP contribution in [0, 0.1) is 12.8 Å². The molecule has 2 aromatic heterocycles. The van der Waals surface area contributed by atoms with Crippen LogP contribution < -0.4 is 5.73 Å². The molecule has 3 heterocycles. The Morgan fingerprint density at radius 3 is 2.68 bits per heavy atom. The number of likely N-dealkylation sites (tertiary alicyclic amines) is 1. The average Bonchev–Trinajstić information content (AvgIpc) is 3.38. The van der Waals surface area contributed by atoms with E-state index in [2.05, 4.69) is 49.1 Å². The van der Waals surface area contributed by atoms with E-state index in [0.717, 1.165) is 40.2 Å². The molecule has 31 heavy (non-hydrogen) atoms. The van der Waals surface area contributed by atoms with Crippen LogP contribution in [-0.4, -0.2) is 52.3 Å². The zero-order valence-electron chi connectivity index (χ0n) is 17.8. The van der Waals surface area contributed by atoms with Gasteiger partial charge < -0.3 is 15.7 Å². The van der Waals surface area contributed by atoms with Crippen LogP contribution in [0.4, 0.5) is 8.78 Å². The summed E-state index contributed by atoms with van der Waals surface area (Å²) in [4.78, 5) is 17.3. The van der Waals surface area contributed by atoms with Crippen LogP contribution in [0.1, 0.15) is 35.6 Å². The number of aliphatic imine (C=N–C) groups is 1. The van der Waals surface area contributed by atoms with Crippen molar-refractivity contribution in [2.75, 3.05) is 20.1 Å². The first kappa shape index (κ1) is 21.2. The number of amidine groups is 1. The van der Waals surface area contributed by atoms with E-state index in [1.54, 1.807) is 13.2 Å². The van der Waals surface area contributed by atoms with Crippen molar-refractivity contribution in [2.24, 2.45) is 16.6 Å². The van der Waals surface area contributed by atoms with Crippen LogP contribution in [0.15, 0.2) is 41.5 Å². The fourth-order valence-electron chi connectivity index (χ4n) is 4.12. The van der Waals surface area contributed by atoms with Gasteiger partial charge in [0, 0.05) is 41.7 Å². The van der Waals surface area contributed by atoms with Crippen LogP contribution >= 0.6 is 0 Å². The highest BCUT2D eigenvalue weighted by Gasteiger charge is 2.26. The number of nitrogens with zero attached hydrogens (tertiary/aromatic N) is 3. The minimum absolute atomic E-state index is 0.425. The number of benzene rings is 1. The van der Waals surface area contributed by atoms with Gasteiger partial charge in [0.1, 0.15) is 11.7 Å². The molecule has 3 aromatic rings. The highest BCUT2D eigenvalue weighted by atomic mass is 19.3. The molecule has 0 aliphatic carbocycles. The molecule has 0 amide bonds. The van der Waals surface area contributed by atoms with Crippen molar-refractivity contribution < 1.29 is 8.78 Å². The van der Waals surface area contributed by atoms with Crippen LogP contribution in [0.25, 0.3) is 16.5 Å². The number of aromatic nitrogens is 3. The third-order valence-electron chi connectivity index (χ3n) is 5.91. The Bertz CT molecular complexity index is 1100. The summed E-state index contributed by atoms with van der Waals surface area (Å²) in [5, 5.41) is 1.09. The largest absolute Gasteiger partial charge is 0.384 e. The summed E-state index contributed by atoms with van der Waals surface area (Å²) in [6.45, 7) is 4.10. The molecular formula is C23H28F2N6. The third-order valence-corrected chi connectivity index (χ3v) is 5.91. The molecular weight excluding hydrogens is 398 g/mol. The predicted octanol–water partition coefficient (Wildman–Crippen LogP) is 4.10. The van der Waals surface area contributed by atoms with Gasteiger partial charge in [-0.3, -0.25) is 9.89 Å². The zero-order valence-corrected chi connectivity index (χ0v) is 17.8. The number of halogens is 2. The highest BCUT2D eigenvalue weighted by molar-refractivity contribution is 6.01. The molecule has 0 saturated carbocycles. The second-order valence-corrected chi connectivity index (χ2v) is 8.14. The molecule has 0 spiro atoms. The molecule has 4 N–H and O–H groups in total. The number of nitrogens with one attached hydrogen (secondary N) is 2. The van der Waals surface area contributed by atoms with Crippen LogP contribution in [0.2, 0.25) is 0 Å². The number of fused-ring (bicyclic) bond motifs is 1. The summed E-state index contributed by atoms with van der Waals surface area (Å²) in [5.74, 6) is 0.789. The number of nitrogens with two attached hydrogens (primary N) is 1. The summed E-state index contributed by atoms with van der Waals surface area (Å²) in [6.07, 6.45) is 2.53. The van der Waals surface area contributed by atoms with Gasteiger partial charge in [-0.1, -0.05) is 6.07 Å². The van der Waals surface area contributed by atoms with Gasteiger partial charge in [-0.25, -0.2) is 13.8 Å². The van der Waals surface area contributed by atoms with Gasteiger partial charge in [-0.15, -0.1) is 0 Å². The molecule has 0 radical (unpaired) electrons. The standard InChI is InChI=1S/C23H28F2N6/c1-14-28-12-21(29-14)18(11-22(26)27-2)20-10-17-9-15(3-4-19(17)30-20)13-31-7-5-16(6-8-31)23(24)25/h3-4,9-12,16,23,30H,5-8,13H2,1-2H3,(H2,26,27)(H,28,29)/b18-11-. The molecule has 1 aliphatic heterocycles. The normalized spacial score (nSPS) is 17.2. The van der Waals surface area contributed by atoms with E-state index >= 15 is 0 Å². The van der Waals surface area contributed by atoms with Gasteiger partial charge in [-0.05, 0) is 62.7 Å². The molecule has 4 rings (SSSR count). The van der Waals surface area contributed by atoms with Crippen molar-refractivity contribution in [3.63, 3.8) is 0 Å². The quantitative estimate of drug-likeness (QED) is 0.410. The molecule has 6 nitrogen and oxygen atoms in total. The minimum Gasteiger partial charge on any atom is -0.384 e. The van der Waals surface area contributed by atoms with Gasteiger partial charge in [0.15, 0.2) is 0 Å². The lowest BCUT2D eigenvalue weighted by molar-refractivity contribution is 0.0336. The summed E-state index contributed by atoms with van der Waals surface area (Å²) < 4.78 is 25.8. The van der Waals surface area contributed by atoms with E-state index in [1.165, 1.54) is 5.56 Å². The highest BCUT2D eigenvalue weighted by Crippen LogP contribution is 2.28. The Labute approximate surface area is 180 Å². The lowest BCUT2D eigenvalue weighted by Crippen LogP contribution is -2.35. The van der Waals surface area contributed by atoms with Gasteiger partial charge in [0.2, 0.25) is 6.43 Å². The first-order valence-electron chi connectivity index (χ1n) is 10.5. The number of hydrogen-bond acceptors (Lipinski definition) is 3. The summed E-state index contributed by atoms with van der Waals surface area (Å²) in [6, 6.07) is 8.40. The van der Waals surface area contributed by atoms with E-state index in [1.807, 2.05) is 13.0 Å². The topological polar surface area (TPSA) is 86.1 Å². The van der Waals surface area contributed by atoms with Crippen molar-refractivity contribution in [3.05, 3.63) is 59.3 Å². The Kier molecular flexibility index (Phi) is 6.18. The maximum Gasteiger partial charge on any atom is 0.241 e. The van der Waals surface area contributed by atoms with E-state index in [-0.39, 0.29) is 0 Å². The average molecular weight is 427 g/mol. The molecule has 0 atom stereocenters. The molecule has 164 valence electrons. The van der Waals surface area contributed by atoms with Crippen molar-refractivity contribution in [3.8, 4) is 0 Å². The number of alkyl halides is 2. The van der Waals surface area contributed by atoms with E-state index < -0.39 is 12.3 Å². The maximum absolute atomic E-state index is 12.9. The van der Waals surface area contributed by atoms with Gasteiger partial charge in [0.05, 0.1) is 11.9 Å². The first-order chi connectivity index (χ1) is 14.9. The van der Waals surface area contributed by atoms with Crippen molar-refractivity contribution in [2.45, 2.75) is 32.7 Å². The Morgan fingerprint density at radius 1 is 1.26 bits per heavy atom. The van der Waals surface area contributed by atoms with E-state index in [4.69, 9.17) is 5.73 Å². The maximum atomic E-state index is 12.9. The lowest BCUT2D eigenvalue weighted by Gasteiger charge is -2.31. The molecule has 0 bridgehead atoms. The Morgan fingerprint density at radius 2 is 2.03 bits per heavy atom. The molecule has 1 aliphatic rings. The Hall–Kier alpha value is -3.00.